The fourth-order valence-corrected chi connectivity index (χ4v) is 9.38. The van der Waals surface area contributed by atoms with Gasteiger partial charge >= 0.3 is 11.9 Å². The first-order valence-corrected chi connectivity index (χ1v) is 21.9. The molecule has 4 aromatic rings. The van der Waals surface area contributed by atoms with Gasteiger partial charge in [-0.3, -0.25) is 9.59 Å². The van der Waals surface area contributed by atoms with Gasteiger partial charge in [0.25, 0.3) is 0 Å². The predicted molar refractivity (Wildman–Crippen MR) is 238 cm³/mol. The number of carbonyl (C=O) groups is 2. The van der Waals surface area contributed by atoms with Crippen molar-refractivity contribution in [3.63, 3.8) is 0 Å². The van der Waals surface area contributed by atoms with Crippen LogP contribution in [-0.4, -0.2) is 103 Å². The van der Waals surface area contributed by atoms with Crippen molar-refractivity contribution in [2.45, 2.75) is 90.5 Å². The zero-order valence-electron chi connectivity index (χ0n) is 37.9. The average molecular weight is 899 g/mol. The van der Waals surface area contributed by atoms with E-state index in [1.165, 1.54) is 31.6 Å². The molecule has 16 heteroatoms. The fourth-order valence-electron chi connectivity index (χ4n) is 9.38. The number of aromatic carboxylic acids is 2. The molecule has 2 aliphatic carbocycles. The normalized spacial score (nSPS) is 20.3. The Morgan fingerprint density at radius 2 is 1.22 bits per heavy atom. The summed E-state index contributed by atoms with van der Waals surface area (Å²) in [6.45, 7) is 8.74. The second kappa shape index (κ2) is 17.6. The molecule has 2 aromatic heterocycles. The number of pyridine rings is 2. The maximum absolute atomic E-state index is 13.1. The lowest BCUT2D eigenvalue weighted by Crippen LogP contribution is -2.39. The first-order chi connectivity index (χ1) is 30.9. The van der Waals surface area contributed by atoms with Crippen molar-refractivity contribution in [3.8, 4) is 45.5 Å². The average Bonchev–Trinajstić information content (AvgIpc) is 4.04. The minimum absolute atomic E-state index is 0.0114. The highest BCUT2D eigenvalue weighted by molar-refractivity contribution is 5.88. The van der Waals surface area contributed by atoms with E-state index in [2.05, 4.69) is 0 Å². The van der Waals surface area contributed by atoms with E-state index in [0.717, 1.165) is 47.9 Å². The number of methoxy groups -OCH3 is 3. The van der Waals surface area contributed by atoms with Crippen molar-refractivity contribution in [3.05, 3.63) is 91.5 Å². The predicted octanol–water partition coefficient (Wildman–Crippen LogP) is 6.40. The van der Waals surface area contributed by atoms with E-state index in [1.54, 1.807) is 18.8 Å². The molecule has 4 aliphatic rings. The number of rotatable bonds is 19. The molecule has 0 bridgehead atoms. The number of carboxylic acid groups (broad SMARTS) is 2. The van der Waals surface area contributed by atoms with Crippen LogP contribution in [0.3, 0.4) is 0 Å². The van der Waals surface area contributed by atoms with Gasteiger partial charge in [0, 0.05) is 83.9 Å². The molecule has 65 heavy (non-hydrogen) atoms. The van der Waals surface area contributed by atoms with Crippen LogP contribution in [0.4, 0.5) is 0 Å². The largest absolute Gasteiger partial charge is 0.493 e. The highest BCUT2D eigenvalue weighted by Crippen LogP contribution is 2.50. The third kappa shape index (κ3) is 8.88. The van der Waals surface area contributed by atoms with Crippen LogP contribution in [-0.2, 0) is 27.1 Å². The Bertz CT molecular complexity index is 2620. The Morgan fingerprint density at radius 1 is 0.692 bits per heavy atom. The van der Waals surface area contributed by atoms with Gasteiger partial charge in [-0.1, -0.05) is 27.7 Å². The van der Waals surface area contributed by atoms with E-state index in [1.807, 2.05) is 56.5 Å². The van der Waals surface area contributed by atoms with Crippen molar-refractivity contribution < 1.29 is 58.1 Å². The summed E-state index contributed by atoms with van der Waals surface area (Å²) in [6.07, 6.45) is 7.22. The van der Waals surface area contributed by atoms with Gasteiger partial charge in [-0.15, -0.1) is 0 Å². The van der Waals surface area contributed by atoms with Crippen molar-refractivity contribution in [2.75, 3.05) is 54.5 Å². The first kappa shape index (κ1) is 45.9. The van der Waals surface area contributed by atoms with Crippen LogP contribution in [0, 0.1) is 16.2 Å². The van der Waals surface area contributed by atoms with Gasteiger partial charge in [-0.05, 0) is 61.1 Å². The summed E-state index contributed by atoms with van der Waals surface area (Å²) in [7, 11) is 4.79. The van der Waals surface area contributed by atoms with E-state index in [9.17, 15) is 34.5 Å². The van der Waals surface area contributed by atoms with Crippen molar-refractivity contribution in [1.29, 1.82) is 0 Å². The number of fused-ring (bicyclic) bond motifs is 6. The van der Waals surface area contributed by atoms with Gasteiger partial charge in [0.2, 0.25) is 0 Å². The summed E-state index contributed by atoms with van der Waals surface area (Å²) in [4.78, 5) is 50.1. The third-order valence-corrected chi connectivity index (χ3v) is 13.9. The van der Waals surface area contributed by atoms with E-state index < -0.39 is 33.6 Å². The molecule has 2 atom stereocenters. The van der Waals surface area contributed by atoms with Crippen LogP contribution in [0.5, 0.6) is 23.0 Å². The maximum Gasteiger partial charge on any atom is 0.341 e. The summed E-state index contributed by atoms with van der Waals surface area (Å²) in [5, 5.41) is 30.0. The Kier molecular flexibility index (Phi) is 12.4. The van der Waals surface area contributed by atoms with E-state index in [0.29, 0.717) is 60.4 Å². The summed E-state index contributed by atoms with van der Waals surface area (Å²) in [5.74, 6) is -0.505. The lowest BCUT2D eigenvalue weighted by atomic mass is 9.77. The molecular formula is C49H58N2O14. The van der Waals surface area contributed by atoms with Gasteiger partial charge in [-0.25, -0.2) is 9.59 Å². The number of aliphatic hydroxyl groups is 1. The van der Waals surface area contributed by atoms with E-state index in [4.69, 9.17) is 33.2 Å². The zero-order chi connectivity index (χ0) is 46.6. The molecule has 0 amide bonds. The zero-order valence-corrected chi connectivity index (χ0v) is 37.9. The lowest BCUT2D eigenvalue weighted by Gasteiger charge is -2.41. The molecule has 3 N–H and O–H groups in total. The van der Waals surface area contributed by atoms with Gasteiger partial charge in [0.1, 0.15) is 24.0 Å². The molecule has 348 valence electrons. The van der Waals surface area contributed by atoms with Crippen LogP contribution < -0.4 is 29.8 Å². The van der Waals surface area contributed by atoms with Gasteiger partial charge in [0.15, 0.2) is 33.9 Å². The molecule has 16 nitrogen and oxygen atoms in total. The second-order valence-corrected chi connectivity index (χ2v) is 19.4. The van der Waals surface area contributed by atoms with Crippen LogP contribution >= 0.6 is 0 Å². The number of hydrogen-bond donors (Lipinski definition) is 3. The number of carboxylic acids is 2. The second-order valence-electron chi connectivity index (χ2n) is 19.4. The number of aromatic nitrogens is 2. The molecule has 4 heterocycles. The van der Waals surface area contributed by atoms with Crippen molar-refractivity contribution in [2.24, 2.45) is 16.2 Å². The maximum atomic E-state index is 13.1. The Morgan fingerprint density at radius 3 is 1.71 bits per heavy atom. The number of hydrogen-bond acceptors (Lipinski definition) is 12. The molecule has 0 radical (unpaired) electrons. The minimum Gasteiger partial charge on any atom is -0.493 e. The first-order valence-electron chi connectivity index (χ1n) is 21.9. The Labute approximate surface area is 376 Å². The van der Waals surface area contributed by atoms with Gasteiger partial charge in [0.05, 0.1) is 58.1 Å². The molecule has 0 saturated heterocycles. The van der Waals surface area contributed by atoms with Crippen LogP contribution in [0.1, 0.15) is 97.3 Å². The third-order valence-electron chi connectivity index (χ3n) is 13.9. The van der Waals surface area contributed by atoms with E-state index in [-0.39, 0.29) is 60.8 Å². The number of aliphatic hydroxyl groups excluding tert-OH is 1. The molecule has 8 rings (SSSR count). The van der Waals surface area contributed by atoms with Gasteiger partial charge < -0.3 is 57.6 Å². The van der Waals surface area contributed by atoms with Gasteiger partial charge in [-0.2, -0.15) is 0 Å². The SMILES string of the molecule is COc1cc2c(cc1OCC1(COCOCC(C)(C)[C@@H]3Cc4cc(OC5CC(OC)C5)c(OC)cc4-c4cc(=O)c(C(=O)O)cn43)CC1)C[C@@H](C(C)(C)CO)n1cc(C(=O)O)c(=O)cc1-2. The molecular weight excluding hydrogens is 841 g/mol. The Hall–Kier alpha value is -5.68. The molecule has 0 unspecified atom stereocenters. The van der Waals surface area contributed by atoms with Crippen LogP contribution in [0.15, 0.2) is 58.4 Å². The van der Waals surface area contributed by atoms with Crippen LogP contribution in [0.2, 0.25) is 0 Å². The summed E-state index contributed by atoms with van der Waals surface area (Å²) < 4.78 is 45.7. The van der Waals surface area contributed by atoms with Crippen molar-refractivity contribution >= 4 is 11.9 Å². The molecule has 2 fully saturated rings. The summed E-state index contributed by atoms with van der Waals surface area (Å²) >= 11 is 0. The topological polar surface area (TPSA) is 203 Å². The molecule has 2 saturated carbocycles. The molecule has 0 spiro atoms. The molecule has 2 aliphatic heterocycles. The standard InChI is InChI=1S/C49H58N2O14/c1-47(2,22-52)43-12-27-10-41(39(60-6)16-31(27)35-18-37(53)33(45(55)56)20-50(35)43)64-25-49(8-9-49)24-63-26-62-23-48(3,4)44-13-28-11-42(65-30-14-29(15-30)59-5)40(61-7)17-32(28)36-19-38(54)34(46(57)58)21-51(36)44/h10-11,16-21,29-30,43-44,52H,8-9,12-15,22-26H2,1-7H3,(H,55,56)(H,57,58)/t29?,30?,43-,44-/m0/s1. The summed E-state index contributed by atoms with van der Waals surface area (Å²) in [5.41, 5.74) is 1.11. The smallest absolute Gasteiger partial charge is 0.341 e. The number of nitrogens with zero attached hydrogens (tertiary/aromatic N) is 2. The molecule has 2 aromatic carbocycles. The highest BCUT2D eigenvalue weighted by Gasteiger charge is 2.45. The summed E-state index contributed by atoms with van der Waals surface area (Å²) in [6, 6.07) is 9.60. The van der Waals surface area contributed by atoms with Crippen LogP contribution in [0.25, 0.3) is 22.5 Å². The minimum atomic E-state index is -1.31. The quantitative estimate of drug-likeness (QED) is 0.0689. The van der Waals surface area contributed by atoms with Crippen molar-refractivity contribution in [1.82, 2.24) is 9.13 Å². The number of benzene rings is 2. The lowest BCUT2D eigenvalue weighted by molar-refractivity contribution is -0.0977. The monoisotopic (exact) mass is 898 g/mol. The Balaban J connectivity index is 0.939. The van der Waals surface area contributed by atoms with E-state index >= 15 is 0 Å². The number of ether oxygens (including phenoxy) is 7. The highest BCUT2D eigenvalue weighted by atomic mass is 16.7. The fraction of sp³-hybridized carbons (Fsp3) is 0.510.